The van der Waals surface area contributed by atoms with Crippen LogP contribution in [0.5, 0.6) is 0 Å². The predicted molar refractivity (Wildman–Crippen MR) is 145 cm³/mol. The molecule has 11 N–H and O–H groups in total. The third kappa shape index (κ3) is 15.4. The lowest BCUT2D eigenvalue weighted by atomic mass is 9.85. The molecule has 1 saturated carbocycles. The maximum absolute atomic E-state index is 13.6. The van der Waals surface area contributed by atoms with Crippen molar-refractivity contribution >= 4 is 17.9 Å². The number of carboxylic acids is 2. The van der Waals surface area contributed by atoms with Crippen molar-refractivity contribution in [1.82, 2.24) is 0 Å². The van der Waals surface area contributed by atoms with Gasteiger partial charge in [-0.3, -0.25) is 16.5 Å². The SMILES string of the molecule is NC(N)=[NH+]CCC[C@H]([NH3+])C(=O)[O-].O=C([O-])CCCCCCC1[C@@H](CC[C@@H](O)C#Cc2ccccc2F)[C@H](O)C[C@@H]1O. The summed E-state index contributed by atoms with van der Waals surface area (Å²) in [4.78, 5) is 23.3. The molecule has 0 aliphatic heterocycles. The maximum Gasteiger partial charge on any atom is 0.338 e. The molecule has 1 fully saturated rings. The first-order valence-electron chi connectivity index (χ1n) is 14.1. The fourth-order valence-electron chi connectivity index (χ4n) is 4.83. The summed E-state index contributed by atoms with van der Waals surface area (Å²) < 4.78 is 13.6. The van der Waals surface area contributed by atoms with Gasteiger partial charge in [0, 0.05) is 12.4 Å². The Morgan fingerprint density at radius 2 is 1.66 bits per heavy atom. The van der Waals surface area contributed by atoms with Gasteiger partial charge < -0.3 is 40.9 Å². The Labute approximate surface area is 240 Å². The topological polar surface area (TPSA) is 235 Å². The Morgan fingerprint density at radius 3 is 2.27 bits per heavy atom. The molecular weight excluding hydrogens is 535 g/mol. The van der Waals surface area contributed by atoms with Crippen LogP contribution in [0.3, 0.4) is 0 Å². The molecule has 0 heterocycles. The van der Waals surface area contributed by atoms with Crippen LogP contribution in [0, 0.1) is 29.5 Å². The van der Waals surface area contributed by atoms with E-state index in [1.807, 2.05) is 0 Å². The summed E-state index contributed by atoms with van der Waals surface area (Å²) in [5.74, 6) is 2.70. The van der Waals surface area contributed by atoms with Crippen LogP contribution in [0.15, 0.2) is 24.3 Å². The van der Waals surface area contributed by atoms with Crippen LogP contribution in [-0.4, -0.2) is 64.1 Å². The van der Waals surface area contributed by atoms with Gasteiger partial charge in [-0.25, -0.2) is 4.39 Å². The second-order valence-electron chi connectivity index (χ2n) is 10.4. The number of rotatable bonds is 15. The fourth-order valence-corrected chi connectivity index (χ4v) is 4.83. The molecule has 6 atom stereocenters. The molecule has 0 radical (unpaired) electrons. The number of benzene rings is 1. The standard InChI is InChI=1S/C23H31FO5.C6H14N4O2/c24-20-9-6-5-7-16(20)11-12-17(25)13-14-19-18(21(26)15-22(19)27)8-3-1-2-4-10-23(28)29;7-4(5(11)12)2-1-3-10-6(8)9/h5-7,9,17-19,21-22,25-27H,1-4,8,10,13-15H2,(H,28,29);4H,1-3,7H2,(H,11,12)(H4,8,9,10)/t17-,18?,19+,21-,22+;4-/m00/s1. The molecule has 0 saturated heterocycles. The Morgan fingerprint density at radius 1 is 1.02 bits per heavy atom. The normalized spacial score (nSPS) is 21.0. The molecule has 0 bridgehead atoms. The van der Waals surface area contributed by atoms with E-state index in [0.717, 1.165) is 25.7 Å². The summed E-state index contributed by atoms with van der Waals surface area (Å²) in [6, 6.07) is 5.46. The molecule has 1 aromatic rings. The van der Waals surface area contributed by atoms with Crippen molar-refractivity contribution in [2.75, 3.05) is 6.54 Å². The summed E-state index contributed by atoms with van der Waals surface area (Å²) in [5, 5.41) is 51.3. The molecular formula is C29H45FN4O7. The van der Waals surface area contributed by atoms with Crippen LogP contribution in [0.1, 0.15) is 76.2 Å². The molecule has 0 aromatic heterocycles. The van der Waals surface area contributed by atoms with Gasteiger partial charge in [-0.2, -0.15) is 0 Å². The number of nitrogens with one attached hydrogen (secondary N) is 1. The van der Waals surface area contributed by atoms with Crippen molar-refractivity contribution in [1.29, 1.82) is 0 Å². The lowest BCUT2D eigenvalue weighted by Gasteiger charge is -2.24. The number of carbonyl (C=O) groups is 2. The molecule has 0 amide bonds. The number of aliphatic carboxylic acids is 2. The molecule has 230 valence electrons. The van der Waals surface area contributed by atoms with Gasteiger partial charge in [0.1, 0.15) is 18.0 Å². The van der Waals surface area contributed by atoms with Gasteiger partial charge in [0.25, 0.3) is 0 Å². The Kier molecular flexibility index (Phi) is 17.3. The van der Waals surface area contributed by atoms with E-state index in [-0.39, 0.29) is 29.8 Å². The fraction of sp³-hybridized carbons (Fsp3) is 0.621. The lowest BCUT2D eigenvalue weighted by molar-refractivity contribution is -0.466. The molecule has 1 aliphatic rings. The zero-order valence-electron chi connectivity index (χ0n) is 23.5. The van der Waals surface area contributed by atoms with Crippen molar-refractivity contribution in [3.05, 3.63) is 35.6 Å². The van der Waals surface area contributed by atoms with Crippen LogP contribution in [0.25, 0.3) is 0 Å². The molecule has 0 spiro atoms. The van der Waals surface area contributed by atoms with Crippen LogP contribution < -0.4 is 32.4 Å². The molecule has 41 heavy (non-hydrogen) atoms. The van der Waals surface area contributed by atoms with Crippen LogP contribution in [0.4, 0.5) is 4.39 Å². The molecule has 12 heteroatoms. The summed E-state index contributed by atoms with van der Waals surface area (Å²) in [5.41, 5.74) is 13.8. The highest BCUT2D eigenvalue weighted by Gasteiger charge is 2.40. The number of aliphatic hydroxyl groups is 3. The minimum absolute atomic E-state index is 0.0436. The van der Waals surface area contributed by atoms with E-state index in [9.17, 15) is 39.5 Å². The third-order valence-corrected chi connectivity index (χ3v) is 7.10. The van der Waals surface area contributed by atoms with E-state index in [2.05, 4.69) is 22.6 Å². The Balaban J connectivity index is 0.000000590. The number of guanidine groups is 1. The first-order valence-corrected chi connectivity index (χ1v) is 14.1. The number of hydrogen-bond donors (Lipinski definition) is 7. The van der Waals surface area contributed by atoms with E-state index < -0.39 is 42.1 Å². The molecule has 1 aliphatic carbocycles. The monoisotopic (exact) mass is 580 g/mol. The Bertz CT molecular complexity index is 1030. The third-order valence-electron chi connectivity index (χ3n) is 7.10. The van der Waals surface area contributed by atoms with Gasteiger partial charge >= 0.3 is 5.96 Å². The van der Waals surface area contributed by atoms with Gasteiger partial charge in [0.05, 0.1) is 30.3 Å². The highest BCUT2D eigenvalue weighted by molar-refractivity contribution is 5.69. The van der Waals surface area contributed by atoms with Gasteiger partial charge in [-0.05, 0) is 68.9 Å². The summed E-state index contributed by atoms with van der Waals surface area (Å²) >= 11 is 0. The second kappa shape index (κ2) is 19.8. The highest BCUT2D eigenvalue weighted by Crippen LogP contribution is 2.39. The van der Waals surface area contributed by atoms with Gasteiger partial charge in [-0.15, -0.1) is 0 Å². The van der Waals surface area contributed by atoms with E-state index in [0.29, 0.717) is 45.1 Å². The number of quaternary nitrogens is 1. The largest absolute Gasteiger partial charge is 0.550 e. The van der Waals surface area contributed by atoms with Crippen molar-refractivity contribution in [2.45, 2.75) is 95.0 Å². The molecule has 11 nitrogen and oxygen atoms in total. The van der Waals surface area contributed by atoms with Crippen LogP contribution in [-0.2, 0) is 9.59 Å². The number of aliphatic hydroxyl groups excluding tert-OH is 3. The van der Waals surface area contributed by atoms with Crippen LogP contribution in [0.2, 0.25) is 0 Å². The number of hydrogen-bond acceptors (Lipinski definition) is 7. The van der Waals surface area contributed by atoms with E-state index in [4.69, 9.17) is 11.5 Å². The van der Waals surface area contributed by atoms with E-state index in [1.54, 1.807) is 18.2 Å². The first-order chi connectivity index (χ1) is 19.4. The molecule has 2 rings (SSSR count). The summed E-state index contributed by atoms with van der Waals surface area (Å²) in [6.07, 6.45) is 4.15. The summed E-state index contributed by atoms with van der Waals surface area (Å²) in [7, 11) is 0. The lowest BCUT2D eigenvalue weighted by Crippen LogP contribution is -2.78. The smallest absolute Gasteiger partial charge is 0.338 e. The van der Waals surface area contributed by atoms with Crippen molar-refractivity contribution in [3.63, 3.8) is 0 Å². The first kappa shape index (κ1) is 35.8. The van der Waals surface area contributed by atoms with Crippen molar-refractivity contribution < 1.29 is 50.2 Å². The second-order valence-corrected chi connectivity index (χ2v) is 10.4. The minimum Gasteiger partial charge on any atom is -0.550 e. The predicted octanol–water partition coefficient (Wildman–Crippen LogP) is -3.75. The number of halogens is 1. The molecule has 1 unspecified atom stereocenters. The van der Waals surface area contributed by atoms with Gasteiger partial charge in [0.15, 0.2) is 0 Å². The Hall–Kier alpha value is -3.24. The summed E-state index contributed by atoms with van der Waals surface area (Å²) in [6.45, 7) is 0.557. The van der Waals surface area contributed by atoms with Crippen molar-refractivity contribution in [3.8, 4) is 11.8 Å². The highest BCUT2D eigenvalue weighted by atomic mass is 19.1. The van der Waals surface area contributed by atoms with E-state index in [1.165, 1.54) is 6.07 Å². The van der Waals surface area contributed by atoms with E-state index >= 15 is 0 Å². The maximum atomic E-state index is 13.6. The van der Waals surface area contributed by atoms with Crippen LogP contribution >= 0.6 is 0 Å². The van der Waals surface area contributed by atoms with Gasteiger partial charge in [0.2, 0.25) is 0 Å². The average Bonchev–Trinajstić information content (AvgIpc) is 3.18. The number of unbranched alkanes of at least 4 members (excludes halogenated alkanes) is 3. The minimum atomic E-state index is -1.13. The number of carboxylic acid groups (broad SMARTS) is 2. The van der Waals surface area contributed by atoms with Gasteiger partial charge in [-0.1, -0.05) is 43.2 Å². The molecule has 1 aromatic carbocycles. The van der Waals surface area contributed by atoms with Crippen molar-refractivity contribution in [2.24, 2.45) is 23.3 Å². The number of nitrogens with two attached hydrogens (primary N) is 2. The quantitative estimate of drug-likeness (QED) is 0.0466. The zero-order chi connectivity index (χ0) is 30.8. The number of carbonyl (C=O) groups excluding carboxylic acids is 2. The average molecular weight is 581 g/mol. The zero-order valence-corrected chi connectivity index (χ0v) is 23.5.